The van der Waals surface area contributed by atoms with E-state index >= 15 is 0 Å². The van der Waals surface area contributed by atoms with E-state index in [1.165, 1.54) is 25.7 Å². The lowest BCUT2D eigenvalue weighted by atomic mass is 9.73. The van der Waals surface area contributed by atoms with Crippen LogP contribution in [0.15, 0.2) is 0 Å². The van der Waals surface area contributed by atoms with Gasteiger partial charge in [-0.05, 0) is 49.4 Å². The molecule has 0 unspecified atom stereocenters. The monoisotopic (exact) mass is 211 g/mol. The summed E-state index contributed by atoms with van der Waals surface area (Å²) in [6.45, 7) is 6.16. The average molecular weight is 211 g/mol. The molecule has 2 nitrogen and oxygen atoms in total. The molecule has 2 rings (SSSR count). The molecule has 2 aliphatic rings. The molecule has 0 heterocycles. The fourth-order valence-electron chi connectivity index (χ4n) is 2.66. The van der Waals surface area contributed by atoms with Crippen molar-refractivity contribution in [3.8, 4) is 0 Å². The van der Waals surface area contributed by atoms with E-state index in [2.05, 4.69) is 19.2 Å². The maximum absolute atomic E-state index is 8.97. The second-order valence-electron chi connectivity index (χ2n) is 6.03. The Hall–Kier alpha value is -0.0800. The largest absolute Gasteiger partial charge is 0.396 e. The Morgan fingerprint density at radius 3 is 2.47 bits per heavy atom. The number of hydrogen-bond donors (Lipinski definition) is 2. The molecule has 15 heavy (non-hydrogen) atoms. The van der Waals surface area contributed by atoms with E-state index < -0.39 is 0 Å². The number of aliphatic hydroxyl groups is 1. The lowest BCUT2D eigenvalue weighted by Gasteiger charge is -2.39. The Bertz CT molecular complexity index is 205. The van der Waals surface area contributed by atoms with Crippen LogP contribution in [0, 0.1) is 17.3 Å². The van der Waals surface area contributed by atoms with Crippen LogP contribution in [-0.4, -0.2) is 24.3 Å². The molecule has 0 saturated heterocycles. The fourth-order valence-corrected chi connectivity index (χ4v) is 2.66. The second kappa shape index (κ2) is 4.42. The summed E-state index contributed by atoms with van der Waals surface area (Å²) in [6.07, 6.45) is 6.38. The third kappa shape index (κ3) is 2.73. The SMILES string of the molecule is CC(C)C1CC(NCC2(CCO)CC2)C1. The summed E-state index contributed by atoms with van der Waals surface area (Å²) in [6, 6.07) is 0.772. The quantitative estimate of drug-likeness (QED) is 0.706. The molecule has 0 atom stereocenters. The smallest absolute Gasteiger partial charge is 0.0436 e. The molecule has 2 N–H and O–H groups in total. The van der Waals surface area contributed by atoms with Crippen LogP contribution in [0.5, 0.6) is 0 Å². The molecule has 2 aliphatic carbocycles. The first-order chi connectivity index (χ1) is 7.15. The number of hydrogen-bond acceptors (Lipinski definition) is 2. The van der Waals surface area contributed by atoms with E-state index in [9.17, 15) is 0 Å². The normalized spacial score (nSPS) is 32.8. The van der Waals surface area contributed by atoms with E-state index in [0.29, 0.717) is 12.0 Å². The van der Waals surface area contributed by atoms with Gasteiger partial charge in [0.1, 0.15) is 0 Å². The summed E-state index contributed by atoms with van der Waals surface area (Å²) >= 11 is 0. The van der Waals surface area contributed by atoms with Crippen molar-refractivity contribution < 1.29 is 5.11 Å². The van der Waals surface area contributed by atoms with Crippen LogP contribution in [0.25, 0.3) is 0 Å². The Morgan fingerprint density at radius 1 is 1.33 bits per heavy atom. The minimum atomic E-state index is 0.362. The Kier molecular flexibility index (Phi) is 3.36. The van der Waals surface area contributed by atoms with Gasteiger partial charge >= 0.3 is 0 Å². The molecule has 0 aromatic carbocycles. The van der Waals surface area contributed by atoms with Gasteiger partial charge in [0.25, 0.3) is 0 Å². The van der Waals surface area contributed by atoms with Gasteiger partial charge in [0.15, 0.2) is 0 Å². The minimum Gasteiger partial charge on any atom is -0.396 e. The Balaban J connectivity index is 1.60. The lowest BCUT2D eigenvalue weighted by Crippen LogP contribution is -2.45. The number of aliphatic hydroxyl groups excluding tert-OH is 1. The zero-order chi connectivity index (χ0) is 10.9. The summed E-state index contributed by atoms with van der Waals surface area (Å²) in [4.78, 5) is 0. The van der Waals surface area contributed by atoms with Gasteiger partial charge in [-0.2, -0.15) is 0 Å². The standard InChI is InChI=1S/C13H25NO/c1-10(2)11-7-12(8-11)14-9-13(3-4-13)5-6-15/h10-12,14-15H,3-9H2,1-2H3. The molecule has 0 aromatic heterocycles. The van der Waals surface area contributed by atoms with Gasteiger partial charge in [-0.1, -0.05) is 13.8 Å². The number of nitrogens with one attached hydrogen (secondary N) is 1. The maximum atomic E-state index is 8.97. The van der Waals surface area contributed by atoms with Crippen molar-refractivity contribution in [2.75, 3.05) is 13.2 Å². The van der Waals surface area contributed by atoms with Crippen LogP contribution in [0.1, 0.15) is 46.0 Å². The molecule has 0 spiro atoms. The van der Waals surface area contributed by atoms with Gasteiger partial charge in [0.2, 0.25) is 0 Å². The molecular formula is C13H25NO. The lowest BCUT2D eigenvalue weighted by molar-refractivity contribution is 0.157. The van der Waals surface area contributed by atoms with Crippen molar-refractivity contribution in [3.05, 3.63) is 0 Å². The molecule has 2 fully saturated rings. The van der Waals surface area contributed by atoms with Gasteiger partial charge in [-0.15, -0.1) is 0 Å². The summed E-state index contributed by atoms with van der Waals surface area (Å²) < 4.78 is 0. The van der Waals surface area contributed by atoms with E-state index in [-0.39, 0.29) is 0 Å². The summed E-state index contributed by atoms with van der Waals surface area (Å²) in [5.41, 5.74) is 0.484. The highest BCUT2D eigenvalue weighted by Crippen LogP contribution is 2.48. The van der Waals surface area contributed by atoms with Crippen LogP contribution < -0.4 is 5.32 Å². The Morgan fingerprint density at radius 2 is 2.00 bits per heavy atom. The predicted molar refractivity (Wildman–Crippen MR) is 62.7 cm³/mol. The highest BCUT2D eigenvalue weighted by Gasteiger charge is 2.42. The zero-order valence-electron chi connectivity index (χ0n) is 10.1. The highest BCUT2D eigenvalue weighted by atomic mass is 16.3. The molecular weight excluding hydrogens is 186 g/mol. The van der Waals surface area contributed by atoms with Crippen molar-refractivity contribution >= 4 is 0 Å². The third-order valence-corrected chi connectivity index (χ3v) is 4.48. The van der Waals surface area contributed by atoms with Gasteiger partial charge in [-0.3, -0.25) is 0 Å². The minimum absolute atomic E-state index is 0.362. The first-order valence-electron chi connectivity index (χ1n) is 6.49. The molecule has 0 radical (unpaired) electrons. The molecule has 2 heteroatoms. The molecule has 0 aliphatic heterocycles. The van der Waals surface area contributed by atoms with E-state index in [4.69, 9.17) is 5.11 Å². The van der Waals surface area contributed by atoms with Crippen molar-refractivity contribution in [2.24, 2.45) is 17.3 Å². The van der Waals surface area contributed by atoms with Crippen LogP contribution in [0.4, 0.5) is 0 Å². The zero-order valence-corrected chi connectivity index (χ0v) is 10.1. The second-order valence-corrected chi connectivity index (χ2v) is 6.03. The molecule has 2 saturated carbocycles. The predicted octanol–water partition coefficient (Wildman–Crippen LogP) is 2.17. The van der Waals surface area contributed by atoms with Crippen LogP contribution in [0.2, 0.25) is 0 Å². The first-order valence-corrected chi connectivity index (χ1v) is 6.49. The molecule has 0 aromatic rings. The van der Waals surface area contributed by atoms with E-state index in [1.54, 1.807) is 0 Å². The van der Waals surface area contributed by atoms with Crippen molar-refractivity contribution in [3.63, 3.8) is 0 Å². The fraction of sp³-hybridized carbons (Fsp3) is 1.00. The summed E-state index contributed by atoms with van der Waals surface area (Å²) in [5, 5.41) is 12.6. The van der Waals surface area contributed by atoms with E-state index in [0.717, 1.165) is 30.8 Å². The first kappa shape index (κ1) is 11.4. The van der Waals surface area contributed by atoms with Gasteiger partial charge in [0, 0.05) is 19.2 Å². The average Bonchev–Trinajstić information content (AvgIpc) is 2.82. The summed E-state index contributed by atoms with van der Waals surface area (Å²) in [7, 11) is 0. The van der Waals surface area contributed by atoms with Gasteiger partial charge < -0.3 is 10.4 Å². The highest BCUT2D eigenvalue weighted by molar-refractivity contribution is 4.97. The number of rotatable bonds is 6. The molecule has 88 valence electrons. The van der Waals surface area contributed by atoms with Gasteiger partial charge in [0.05, 0.1) is 0 Å². The Labute approximate surface area is 93.5 Å². The van der Waals surface area contributed by atoms with Crippen LogP contribution in [-0.2, 0) is 0 Å². The van der Waals surface area contributed by atoms with Crippen LogP contribution in [0.3, 0.4) is 0 Å². The van der Waals surface area contributed by atoms with Gasteiger partial charge in [-0.25, -0.2) is 0 Å². The summed E-state index contributed by atoms with van der Waals surface area (Å²) in [5.74, 6) is 1.81. The van der Waals surface area contributed by atoms with Crippen LogP contribution >= 0.6 is 0 Å². The third-order valence-electron chi connectivity index (χ3n) is 4.48. The van der Waals surface area contributed by atoms with Crippen molar-refractivity contribution in [2.45, 2.75) is 52.0 Å². The topological polar surface area (TPSA) is 32.3 Å². The van der Waals surface area contributed by atoms with Crippen molar-refractivity contribution in [1.29, 1.82) is 0 Å². The van der Waals surface area contributed by atoms with Crippen molar-refractivity contribution in [1.82, 2.24) is 5.32 Å². The molecule has 0 bridgehead atoms. The molecule has 0 amide bonds. The maximum Gasteiger partial charge on any atom is 0.0436 e. The van der Waals surface area contributed by atoms with E-state index in [1.807, 2.05) is 0 Å².